The molecule has 1 aromatic carbocycles. The second-order valence-electron chi connectivity index (χ2n) is 9.96. The average Bonchev–Trinajstić information content (AvgIpc) is 3.16. The van der Waals surface area contributed by atoms with Gasteiger partial charge in [-0.1, -0.05) is 6.92 Å². The van der Waals surface area contributed by atoms with E-state index in [0.29, 0.717) is 28.3 Å². The summed E-state index contributed by atoms with van der Waals surface area (Å²) in [7, 11) is 1.84. The predicted octanol–water partition coefficient (Wildman–Crippen LogP) is 5.13. The van der Waals surface area contributed by atoms with Crippen LogP contribution in [0, 0.1) is 18.7 Å². The highest BCUT2D eigenvalue weighted by molar-refractivity contribution is 6.08. The third-order valence-corrected chi connectivity index (χ3v) is 7.13. The highest BCUT2D eigenvalue weighted by Gasteiger charge is 2.27. The van der Waals surface area contributed by atoms with Gasteiger partial charge in [-0.2, -0.15) is 5.10 Å². The number of Topliss-reactive ketones (excluding diaryl/α,β-unsaturated/α-hetero) is 1. The molecule has 1 fully saturated rings. The zero-order valence-electron chi connectivity index (χ0n) is 20.3. The number of benzene rings is 1. The summed E-state index contributed by atoms with van der Waals surface area (Å²) in [6, 6.07) is 6.82. The molecule has 0 aliphatic heterocycles. The second-order valence-corrected chi connectivity index (χ2v) is 9.96. The summed E-state index contributed by atoms with van der Waals surface area (Å²) >= 11 is 0. The summed E-state index contributed by atoms with van der Waals surface area (Å²) in [4.78, 5) is 22.3. The molecule has 1 aliphatic carbocycles. The Bertz CT molecular complexity index is 1400. The van der Waals surface area contributed by atoms with Crippen molar-refractivity contribution in [2.24, 2.45) is 18.7 Å². The van der Waals surface area contributed by atoms with Crippen LogP contribution in [-0.2, 0) is 13.5 Å². The number of fused-ring (bicyclic) bond motifs is 1. The number of nitrogens with zero attached hydrogens (tertiary/aromatic N) is 4. The molecule has 0 amide bonds. The zero-order valence-corrected chi connectivity index (χ0v) is 20.3. The fraction of sp³-hybridized carbons (Fsp3) is 0.357. The molecule has 2 N–H and O–H groups in total. The van der Waals surface area contributed by atoms with E-state index in [0.717, 1.165) is 47.2 Å². The Balaban J connectivity index is 1.48. The molecule has 180 valence electrons. The standard InChI is InChI=1S/C28H30FN5O/c1-16-8-18(10-21(30)9-16)22-6-7-31-13-20(22)12-27(35)23-4-5-26(29)24-11-19(14-32-28(23)24)25-15-34(3)33-17(25)2/h4-7,11,13-16,18,21H,8-10,12,30H2,1-3H3/t16-,18+,21-/m0/s1. The first kappa shape index (κ1) is 23.3. The van der Waals surface area contributed by atoms with Gasteiger partial charge in [0, 0.05) is 66.4 Å². The third-order valence-electron chi connectivity index (χ3n) is 7.13. The molecule has 7 heteroatoms. The number of aromatic nitrogens is 4. The molecule has 0 saturated heterocycles. The summed E-state index contributed by atoms with van der Waals surface area (Å²) in [6.45, 7) is 4.14. The van der Waals surface area contributed by atoms with Crippen LogP contribution >= 0.6 is 0 Å². The van der Waals surface area contributed by atoms with E-state index < -0.39 is 5.82 Å². The van der Waals surface area contributed by atoms with Gasteiger partial charge in [0.2, 0.25) is 0 Å². The van der Waals surface area contributed by atoms with Crippen molar-refractivity contribution in [3.63, 3.8) is 0 Å². The number of carbonyl (C=O) groups excluding carboxylic acids is 1. The van der Waals surface area contributed by atoms with E-state index in [9.17, 15) is 9.18 Å². The van der Waals surface area contributed by atoms with Crippen molar-refractivity contribution in [3.05, 3.63) is 77.3 Å². The summed E-state index contributed by atoms with van der Waals surface area (Å²) in [5.74, 6) is 0.353. The van der Waals surface area contributed by atoms with Gasteiger partial charge in [0.05, 0.1) is 11.2 Å². The van der Waals surface area contributed by atoms with Crippen LogP contribution in [-0.4, -0.2) is 31.6 Å². The lowest BCUT2D eigenvalue weighted by Gasteiger charge is -2.32. The molecule has 1 aliphatic rings. The third kappa shape index (κ3) is 4.60. The number of carbonyl (C=O) groups is 1. The molecule has 1 saturated carbocycles. The van der Waals surface area contributed by atoms with Gasteiger partial charge in [-0.3, -0.25) is 19.4 Å². The average molecular weight is 472 g/mol. The summed E-state index contributed by atoms with van der Waals surface area (Å²) in [5, 5.41) is 4.69. The molecule has 4 aromatic rings. The number of aryl methyl sites for hydroxylation is 2. The van der Waals surface area contributed by atoms with Crippen molar-refractivity contribution in [2.75, 3.05) is 0 Å². The number of hydrogen-bond donors (Lipinski definition) is 1. The lowest BCUT2D eigenvalue weighted by Crippen LogP contribution is -2.31. The van der Waals surface area contributed by atoms with E-state index in [-0.39, 0.29) is 18.2 Å². The Kier molecular flexibility index (Phi) is 6.19. The number of rotatable bonds is 5. The molecule has 35 heavy (non-hydrogen) atoms. The van der Waals surface area contributed by atoms with Crippen LogP contribution in [0.1, 0.15) is 59.3 Å². The Morgan fingerprint density at radius 3 is 2.77 bits per heavy atom. The van der Waals surface area contributed by atoms with Crippen LogP contribution < -0.4 is 5.73 Å². The summed E-state index contributed by atoms with van der Waals surface area (Å²) in [5.41, 5.74) is 11.6. The maximum absolute atomic E-state index is 14.8. The van der Waals surface area contributed by atoms with Gasteiger partial charge in [-0.15, -0.1) is 0 Å². The van der Waals surface area contributed by atoms with Crippen LogP contribution in [0.5, 0.6) is 0 Å². The Morgan fingerprint density at radius 1 is 1.20 bits per heavy atom. The Labute approximate surface area is 204 Å². The molecule has 3 aromatic heterocycles. The van der Waals surface area contributed by atoms with Gasteiger partial charge in [0.25, 0.3) is 0 Å². The van der Waals surface area contributed by atoms with Crippen molar-refractivity contribution < 1.29 is 9.18 Å². The molecular weight excluding hydrogens is 441 g/mol. The molecule has 0 bridgehead atoms. The van der Waals surface area contributed by atoms with Crippen LogP contribution in [0.3, 0.4) is 0 Å². The first-order valence-corrected chi connectivity index (χ1v) is 12.1. The molecule has 3 atom stereocenters. The summed E-state index contributed by atoms with van der Waals surface area (Å²) in [6.07, 6.45) is 10.3. The van der Waals surface area contributed by atoms with Crippen molar-refractivity contribution in [1.29, 1.82) is 0 Å². The molecule has 5 rings (SSSR count). The predicted molar refractivity (Wildman–Crippen MR) is 135 cm³/mol. The van der Waals surface area contributed by atoms with Gasteiger partial charge >= 0.3 is 0 Å². The number of halogens is 1. The molecule has 0 radical (unpaired) electrons. The van der Waals surface area contributed by atoms with Crippen LogP contribution in [0.25, 0.3) is 22.0 Å². The van der Waals surface area contributed by atoms with E-state index in [1.54, 1.807) is 29.3 Å². The molecular formula is C28H30FN5O. The lowest BCUT2D eigenvalue weighted by molar-refractivity contribution is 0.0994. The largest absolute Gasteiger partial charge is 0.328 e. The second kappa shape index (κ2) is 9.30. The molecule has 3 heterocycles. The highest BCUT2D eigenvalue weighted by Crippen LogP contribution is 2.37. The molecule has 0 spiro atoms. The zero-order chi connectivity index (χ0) is 24.7. The fourth-order valence-corrected chi connectivity index (χ4v) is 5.60. The van der Waals surface area contributed by atoms with Gasteiger partial charge in [0.1, 0.15) is 5.82 Å². The number of pyridine rings is 2. The van der Waals surface area contributed by atoms with Gasteiger partial charge < -0.3 is 5.73 Å². The topological polar surface area (TPSA) is 86.7 Å². The van der Waals surface area contributed by atoms with Crippen molar-refractivity contribution in [3.8, 4) is 11.1 Å². The molecule has 0 unspecified atom stereocenters. The Hall–Kier alpha value is -3.45. The van der Waals surface area contributed by atoms with Crippen molar-refractivity contribution in [1.82, 2.24) is 19.7 Å². The lowest BCUT2D eigenvalue weighted by atomic mass is 9.75. The minimum atomic E-state index is -0.403. The highest BCUT2D eigenvalue weighted by atomic mass is 19.1. The summed E-state index contributed by atoms with van der Waals surface area (Å²) < 4.78 is 16.6. The van der Waals surface area contributed by atoms with E-state index in [1.165, 1.54) is 12.1 Å². The first-order valence-electron chi connectivity index (χ1n) is 12.1. The van der Waals surface area contributed by atoms with Gasteiger partial charge in [0.15, 0.2) is 5.78 Å². The van der Waals surface area contributed by atoms with Crippen LogP contribution in [0.15, 0.2) is 49.1 Å². The normalized spacial score (nSPS) is 20.3. The van der Waals surface area contributed by atoms with Crippen molar-refractivity contribution in [2.45, 2.75) is 51.5 Å². The van der Waals surface area contributed by atoms with Crippen LogP contribution in [0.4, 0.5) is 4.39 Å². The van der Waals surface area contributed by atoms with Crippen molar-refractivity contribution >= 4 is 16.7 Å². The maximum Gasteiger partial charge on any atom is 0.169 e. The SMILES string of the molecule is Cc1nn(C)cc1-c1cnc2c(C(=O)Cc3cnccc3[C@@H]3C[C@H](C)C[C@H](N)C3)ccc(F)c2c1. The molecule has 6 nitrogen and oxygen atoms in total. The minimum absolute atomic E-state index is 0.102. The van der Waals surface area contributed by atoms with Crippen LogP contribution in [0.2, 0.25) is 0 Å². The monoisotopic (exact) mass is 471 g/mol. The smallest absolute Gasteiger partial charge is 0.169 e. The van der Waals surface area contributed by atoms with Gasteiger partial charge in [-0.25, -0.2) is 4.39 Å². The van der Waals surface area contributed by atoms with E-state index in [1.807, 2.05) is 26.2 Å². The van der Waals surface area contributed by atoms with Gasteiger partial charge in [-0.05, 0) is 73.4 Å². The number of hydrogen-bond acceptors (Lipinski definition) is 5. The maximum atomic E-state index is 14.8. The minimum Gasteiger partial charge on any atom is -0.328 e. The fourth-order valence-electron chi connectivity index (χ4n) is 5.60. The number of nitrogens with two attached hydrogens (primary N) is 1. The first-order chi connectivity index (χ1) is 16.8. The van der Waals surface area contributed by atoms with E-state index in [2.05, 4.69) is 22.0 Å². The Morgan fingerprint density at radius 2 is 2.03 bits per heavy atom. The van der Waals surface area contributed by atoms with E-state index >= 15 is 0 Å². The number of ketones is 1. The van der Waals surface area contributed by atoms with E-state index in [4.69, 9.17) is 5.73 Å². The quantitative estimate of drug-likeness (QED) is 0.408.